The van der Waals surface area contributed by atoms with Gasteiger partial charge < -0.3 is 19.9 Å². The molecule has 1 atom stereocenters. The number of aromatic nitrogens is 2. The molecular weight excluding hydrogens is 540 g/mol. The quantitative estimate of drug-likeness (QED) is 0.420. The molecule has 224 valence electrons. The minimum absolute atomic E-state index is 0.366. The molecule has 2 aromatic carbocycles. The van der Waals surface area contributed by atoms with E-state index in [4.69, 9.17) is 9.57 Å². The normalized spacial score (nSPS) is 20.7. The summed E-state index contributed by atoms with van der Waals surface area (Å²) in [7, 11) is 3.87. The summed E-state index contributed by atoms with van der Waals surface area (Å²) in [5.74, 6) is 0.537. The van der Waals surface area contributed by atoms with Crippen LogP contribution in [0.1, 0.15) is 36.4 Å². The minimum atomic E-state index is -0.618. The van der Waals surface area contributed by atoms with Crippen molar-refractivity contribution in [2.75, 3.05) is 75.3 Å². The van der Waals surface area contributed by atoms with Crippen LogP contribution in [0.25, 0.3) is 0 Å². The van der Waals surface area contributed by atoms with Crippen molar-refractivity contribution in [3.8, 4) is 5.75 Å². The van der Waals surface area contributed by atoms with Gasteiger partial charge in [-0.15, -0.1) is 0 Å². The molecule has 3 aliphatic rings. The summed E-state index contributed by atoms with van der Waals surface area (Å²) in [6.45, 7) is 9.20. The zero-order chi connectivity index (χ0) is 29.2. The summed E-state index contributed by atoms with van der Waals surface area (Å²) >= 11 is 0. The molecule has 1 aromatic heterocycles. The van der Waals surface area contributed by atoms with Gasteiger partial charge in [-0.3, -0.25) is 9.74 Å². The standard InChI is InChI=1S/C31H39F2N7O2/c1-21-14-26(29(41-3)18-28(21)39-7-4-25(5-8-39)38-11-9-37(2)10-12-38)36-30-19-31(35-20-34-30)40-27(6-13-42-40)22-15-23(32)17-24(33)16-22/h14-20,25,27H,4-13H2,1-3H3,(H,34,35,36)/t27-/m1/s1. The van der Waals surface area contributed by atoms with Gasteiger partial charge in [0, 0.05) is 75.6 Å². The van der Waals surface area contributed by atoms with Gasteiger partial charge in [0.2, 0.25) is 0 Å². The van der Waals surface area contributed by atoms with Crippen LogP contribution in [0.15, 0.2) is 42.7 Å². The summed E-state index contributed by atoms with van der Waals surface area (Å²) in [4.78, 5) is 22.2. The first kappa shape index (κ1) is 28.6. The molecule has 3 aliphatic heterocycles. The number of hydroxylamine groups is 1. The number of methoxy groups -OCH3 is 1. The van der Waals surface area contributed by atoms with Crippen LogP contribution in [0.5, 0.6) is 5.75 Å². The Hall–Kier alpha value is -3.54. The predicted molar refractivity (Wildman–Crippen MR) is 159 cm³/mol. The Morgan fingerprint density at radius 1 is 0.905 bits per heavy atom. The van der Waals surface area contributed by atoms with Crippen LogP contribution in [-0.4, -0.2) is 85.8 Å². The van der Waals surface area contributed by atoms with Crippen LogP contribution in [0.2, 0.25) is 0 Å². The van der Waals surface area contributed by atoms with Crippen LogP contribution in [0.3, 0.4) is 0 Å². The molecule has 6 rings (SSSR count). The minimum Gasteiger partial charge on any atom is -0.494 e. The summed E-state index contributed by atoms with van der Waals surface area (Å²) in [5, 5.41) is 4.97. The number of piperazine rings is 1. The lowest BCUT2D eigenvalue weighted by Crippen LogP contribution is -2.52. The summed E-state index contributed by atoms with van der Waals surface area (Å²) in [6.07, 6.45) is 4.35. The van der Waals surface area contributed by atoms with E-state index in [0.717, 1.165) is 75.2 Å². The van der Waals surface area contributed by atoms with Crippen molar-refractivity contribution < 1.29 is 18.4 Å². The Balaban J connectivity index is 1.16. The number of benzene rings is 2. The molecule has 4 heterocycles. The van der Waals surface area contributed by atoms with Gasteiger partial charge in [-0.2, -0.15) is 0 Å². The number of nitrogens with zero attached hydrogens (tertiary/aromatic N) is 6. The molecule has 0 spiro atoms. The van der Waals surface area contributed by atoms with E-state index in [-0.39, 0.29) is 6.04 Å². The van der Waals surface area contributed by atoms with Gasteiger partial charge >= 0.3 is 0 Å². The van der Waals surface area contributed by atoms with Crippen LogP contribution in [-0.2, 0) is 4.84 Å². The fourth-order valence-electron chi connectivity index (χ4n) is 6.38. The van der Waals surface area contributed by atoms with E-state index in [1.54, 1.807) is 18.2 Å². The average molecular weight is 580 g/mol. The zero-order valence-electron chi connectivity index (χ0n) is 24.5. The fraction of sp³-hybridized carbons (Fsp3) is 0.484. The third-order valence-corrected chi connectivity index (χ3v) is 8.69. The number of aryl methyl sites for hydroxylation is 1. The largest absolute Gasteiger partial charge is 0.494 e. The van der Waals surface area contributed by atoms with Crippen molar-refractivity contribution in [2.24, 2.45) is 0 Å². The van der Waals surface area contributed by atoms with Crippen LogP contribution < -0.4 is 20.0 Å². The number of anilines is 4. The van der Waals surface area contributed by atoms with Gasteiger partial charge in [-0.1, -0.05) is 0 Å². The molecule has 3 fully saturated rings. The Kier molecular flexibility index (Phi) is 8.41. The molecule has 0 unspecified atom stereocenters. The lowest BCUT2D eigenvalue weighted by molar-refractivity contribution is 0.0982. The van der Waals surface area contributed by atoms with Crippen LogP contribution >= 0.6 is 0 Å². The Bertz CT molecular complexity index is 1370. The fourth-order valence-corrected chi connectivity index (χ4v) is 6.38. The molecule has 0 aliphatic carbocycles. The highest BCUT2D eigenvalue weighted by molar-refractivity contribution is 5.72. The van der Waals surface area contributed by atoms with Gasteiger partial charge in [-0.05, 0) is 56.1 Å². The Labute approximate surface area is 246 Å². The summed E-state index contributed by atoms with van der Waals surface area (Å²) < 4.78 is 33.6. The monoisotopic (exact) mass is 579 g/mol. The lowest BCUT2D eigenvalue weighted by atomic mass is 10.0. The molecular formula is C31H39F2N7O2. The molecule has 3 saturated heterocycles. The van der Waals surface area contributed by atoms with Gasteiger partial charge in [0.15, 0.2) is 5.82 Å². The number of ether oxygens (including phenoxy) is 1. The maximum atomic E-state index is 13.9. The van der Waals surface area contributed by atoms with E-state index in [9.17, 15) is 8.78 Å². The van der Waals surface area contributed by atoms with Crippen molar-refractivity contribution in [3.63, 3.8) is 0 Å². The van der Waals surface area contributed by atoms with E-state index >= 15 is 0 Å². The summed E-state index contributed by atoms with van der Waals surface area (Å²) in [5.41, 5.74) is 3.63. The number of rotatable bonds is 7. The first-order chi connectivity index (χ1) is 20.4. The number of halogens is 2. The van der Waals surface area contributed by atoms with Crippen molar-refractivity contribution in [3.05, 3.63) is 65.5 Å². The molecule has 11 heteroatoms. The second kappa shape index (κ2) is 12.4. The van der Waals surface area contributed by atoms with Crippen molar-refractivity contribution >= 4 is 23.0 Å². The molecule has 3 aromatic rings. The first-order valence-electron chi connectivity index (χ1n) is 14.7. The van der Waals surface area contributed by atoms with Crippen LogP contribution in [0, 0.1) is 18.6 Å². The van der Waals surface area contributed by atoms with Gasteiger partial charge in [0.1, 0.15) is 29.5 Å². The number of hydrogen-bond donors (Lipinski definition) is 1. The number of hydrogen-bond acceptors (Lipinski definition) is 9. The van der Waals surface area contributed by atoms with E-state index in [1.807, 2.05) is 0 Å². The SMILES string of the molecule is COc1cc(N2CCC(N3CCN(C)CC3)CC2)c(C)cc1Nc1cc(N2OCC[C@@H]2c2cc(F)cc(F)c2)ncn1. The molecule has 1 N–H and O–H groups in total. The van der Waals surface area contributed by atoms with E-state index in [2.05, 4.69) is 56.1 Å². The maximum Gasteiger partial charge on any atom is 0.158 e. The van der Waals surface area contributed by atoms with Crippen LogP contribution in [0.4, 0.5) is 31.8 Å². The van der Waals surface area contributed by atoms with Gasteiger partial charge in [0.05, 0.1) is 25.4 Å². The molecule has 0 bridgehead atoms. The third-order valence-electron chi connectivity index (χ3n) is 8.69. The van der Waals surface area contributed by atoms with Gasteiger partial charge in [-0.25, -0.2) is 23.8 Å². The highest BCUT2D eigenvalue weighted by Crippen LogP contribution is 2.38. The van der Waals surface area contributed by atoms with Crippen molar-refractivity contribution in [1.29, 1.82) is 0 Å². The van der Waals surface area contributed by atoms with E-state index in [0.29, 0.717) is 36.3 Å². The summed E-state index contributed by atoms with van der Waals surface area (Å²) in [6, 6.07) is 9.78. The Morgan fingerprint density at radius 3 is 2.36 bits per heavy atom. The number of piperidine rings is 1. The first-order valence-corrected chi connectivity index (χ1v) is 14.7. The molecule has 0 saturated carbocycles. The highest BCUT2D eigenvalue weighted by Gasteiger charge is 2.31. The highest BCUT2D eigenvalue weighted by atomic mass is 19.1. The third kappa shape index (κ3) is 6.13. The second-order valence-electron chi connectivity index (χ2n) is 11.4. The number of nitrogens with one attached hydrogen (secondary N) is 1. The maximum absolute atomic E-state index is 13.9. The van der Waals surface area contributed by atoms with Crippen molar-refractivity contribution in [1.82, 2.24) is 19.8 Å². The second-order valence-corrected chi connectivity index (χ2v) is 11.4. The van der Waals surface area contributed by atoms with E-state index < -0.39 is 11.6 Å². The average Bonchev–Trinajstić information content (AvgIpc) is 3.48. The lowest BCUT2D eigenvalue weighted by Gasteiger charge is -2.43. The zero-order valence-corrected chi connectivity index (χ0v) is 24.5. The van der Waals surface area contributed by atoms with Crippen molar-refractivity contribution in [2.45, 2.75) is 38.3 Å². The molecule has 9 nitrogen and oxygen atoms in total. The topological polar surface area (TPSA) is 69.2 Å². The molecule has 0 radical (unpaired) electrons. The smallest absolute Gasteiger partial charge is 0.158 e. The Morgan fingerprint density at radius 2 is 1.64 bits per heavy atom. The van der Waals surface area contributed by atoms with E-state index in [1.165, 1.54) is 24.1 Å². The molecule has 42 heavy (non-hydrogen) atoms. The predicted octanol–water partition coefficient (Wildman–Crippen LogP) is 4.91. The number of likely N-dealkylation sites (N-methyl/N-ethyl adjacent to an activating group) is 1. The molecule has 0 amide bonds. The van der Waals surface area contributed by atoms with Gasteiger partial charge in [0.25, 0.3) is 0 Å².